The van der Waals surface area contributed by atoms with Crippen LogP contribution < -0.4 is 10.6 Å². The predicted octanol–water partition coefficient (Wildman–Crippen LogP) is 2.17. The number of rotatable bonds is 4. The number of nitrogens with one attached hydrogen (secondary N) is 2. The van der Waals surface area contributed by atoms with E-state index in [9.17, 15) is 4.79 Å². The van der Waals surface area contributed by atoms with Gasteiger partial charge < -0.3 is 10.6 Å². The lowest BCUT2D eigenvalue weighted by atomic mass is 9.81. The van der Waals surface area contributed by atoms with Crippen LogP contribution in [0.5, 0.6) is 0 Å². The third-order valence-electron chi connectivity index (χ3n) is 4.30. The van der Waals surface area contributed by atoms with Crippen molar-refractivity contribution in [3.8, 4) is 0 Å². The van der Waals surface area contributed by atoms with Crippen LogP contribution in [0.25, 0.3) is 0 Å². The van der Waals surface area contributed by atoms with E-state index in [1.807, 2.05) is 11.8 Å². The smallest absolute Gasteiger partial charge is 0.227 e. The topological polar surface area (TPSA) is 41.1 Å². The van der Waals surface area contributed by atoms with Gasteiger partial charge in [-0.1, -0.05) is 13.3 Å². The molecular weight excluding hydrogens is 244 g/mol. The number of thioether (sulfide) groups is 1. The molecule has 0 bridgehead atoms. The van der Waals surface area contributed by atoms with Gasteiger partial charge in [-0.3, -0.25) is 4.79 Å². The van der Waals surface area contributed by atoms with Crippen molar-refractivity contribution in [1.82, 2.24) is 10.6 Å². The average Bonchev–Trinajstić information content (AvgIpc) is 2.78. The van der Waals surface area contributed by atoms with Crippen LogP contribution in [0.15, 0.2) is 0 Å². The van der Waals surface area contributed by atoms with Gasteiger partial charge in [-0.25, -0.2) is 0 Å². The van der Waals surface area contributed by atoms with Crippen LogP contribution in [-0.2, 0) is 4.79 Å². The molecular formula is C14H26N2OS. The van der Waals surface area contributed by atoms with Gasteiger partial charge in [-0.2, -0.15) is 11.8 Å². The molecule has 3 atom stereocenters. The van der Waals surface area contributed by atoms with E-state index in [1.54, 1.807) is 0 Å². The Morgan fingerprint density at radius 1 is 1.44 bits per heavy atom. The number of hydrogen-bond donors (Lipinski definition) is 2. The van der Waals surface area contributed by atoms with Crippen molar-refractivity contribution in [3.05, 3.63) is 0 Å². The molecule has 4 heteroatoms. The summed E-state index contributed by atoms with van der Waals surface area (Å²) in [6, 6.07) is 0.404. The molecule has 1 saturated heterocycles. The van der Waals surface area contributed by atoms with Crippen molar-refractivity contribution in [2.75, 3.05) is 18.8 Å². The van der Waals surface area contributed by atoms with Crippen molar-refractivity contribution in [2.45, 2.75) is 57.2 Å². The van der Waals surface area contributed by atoms with Crippen LogP contribution >= 0.6 is 11.8 Å². The normalized spacial score (nSPS) is 36.6. The van der Waals surface area contributed by atoms with Crippen molar-refractivity contribution in [2.24, 2.45) is 5.41 Å². The molecule has 1 heterocycles. The third-order valence-corrected chi connectivity index (χ3v) is 5.62. The first-order valence-electron chi connectivity index (χ1n) is 7.29. The summed E-state index contributed by atoms with van der Waals surface area (Å²) < 4.78 is 0. The molecule has 3 nitrogen and oxygen atoms in total. The van der Waals surface area contributed by atoms with Crippen LogP contribution in [0.2, 0.25) is 0 Å². The van der Waals surface area contributed by atoms with Gasteiger partial charge in [0.15, 0.2) is 0 Å². The van der Waals surface area contributed by atoms with Crippen LogP contribution in [-0.4, -0.2) is 36.0 Å². The van der Waals surface area contributed by atoms with E-state index >= 15 is 0 Å². The molecule has 0 spiro atoms. The number of carbonyl (C=O) groups excluding carboxylic acids is 1. The summed E-state index contributed by atoms with van der Waals surface area (Å²) in [4.78, 5) is 12.5. The van der Waals surface area contributed by atoms with E-state index in [2.05, 4.69) is 24.5 Å². The Bertz CT molecular complexity index is 290. The van der Waals surface area contributed by atoms with Crippen LogP contribution in [0, 0.1) is 5.41 Å². The monoisotopic (exact) mass is 270 g/mol. The van der Waals surface area contributed by atoms with Gasteiger partial charge in [0.2, 0.25) is 5.91 Å². The fourth-order valence-electron chi connectivity index (χ4n) is 3.10. The fourth-order valence-corrected chi connectivity index (χ4v) is 4.30. The van der Waals surface area contributed by atoms with Crippen LogP contribution in [0.4, 0.5) is 0 Å². The van der Waals surface area contributed by atoms with Gasteiger partial charge in [0, 0.05) is 17.8 Å². The van der Waals surface area contributed by atoms with Gasteiger partial charge >= 0.3 is 0 Å². The first-order valence-corrected chi connectivity index (χ1v) is 8.34. The zero-order valence-electron chi connectivity index (χ0n) is 11.6. The highest BCUT2D eigenvalue weighted by Gasteiger charge is 2.37. The van der Waals surface area contributed by atoms with Crippen LogP contribution in [0.3, 0.4) is 0 Å². The molecule has 1 aliphatic heterocycles. The number of hydrogen-bond acceptors (Lipinski definition) is 3. The highest BCUT2D eigenvalue weighted by molar-refractivity contribution is 7.99. The molecule has 2 aliphatic rings. The highest BCUT2D eigenvalue weighted by atomic mass is 32.2. The summed E-state index contributed by atoms with van der Waals surface area (Å²) in [5.41, 5.74) is -0.192. The Morgan fingerprint density at radius 2 is 2.28 bits per heavy atom. The Morgan fingerprint density at radius 3 is 2.94 bits per heavy atom. The van der Waals surface area contributed by atoms with E-state index in [1.165, 1.54) is 12.8 Å². The van der Waals surface area contributed by atoms with Gasteiger partial charge in [0.05, 0.1) is 5.41 Å². The first-order chi connectivity index (χ1) is 8.65. The molecule has 18 heavy (non-hydrogen) atoms. The predicted molar refractivity (Wildman–Crippen MR) is 77.9 cm³/mol. The highest BCUT2D eigenvalue weighted by Crippen LogP contribution is 2.32. The molecule has 1 aliphatic carbocycles. The second-order valence-electron chi connectivity index (χ2n) is 5.85. The molecule has 2 rings (SSSR count). The van der Waals surface area contributed by atoms with Crippen LogP contribution in [0.1, 0.15) is 46.0 Å². The lowest BCUT2D eigenvalue weighted by Gasteiger charge is -2.34. The first kappa shape index (κ1) is 14.2. The van der Waals surface area contributed by atoms with E-state index in [0.29, 0.717) is 11.3 Å². The largest absolute Gasteiger partial charge is 0.352 e. The summed E-state index contributed by atoms with van der Waals surface area (Å²) >= 11 is 2.00. The lowest BCUT2D eigenvalue weighted by Crippen LogP contribution is -2.52. The van der Waals surface area contributed by atoms with Gasteiger partial charge in [0.25, 0.3) is 0 Å². The maximum atomic E-state index is 12.5. The summed E-state index contributed by atoms with van der Waals surface area (Å²) in [5, 5.41) is 7.31. The molecule has 104 valence electrons. The summed E-state index contributed by atoms with van der Waals surface area (Å²) in [6.45, 7) is 6.19. The van der Waals surface area contributed by atoms with E-state index in [-0.39, 0.29) is 11.3 Å². The Hall–Kier alpha value is -0.220. The SMILES string of the molecule is CCSC1CCCC1NC(=O)C1(C)CCCNC1. The maximum absolute atomic E-state index is 12.5. The summed E-state index contributed by atoms with van der Waals surface area (Å²) in [7, 11) is 0. The summed E-state index contributed by atoms with van der Waals surface area (Å²) in [6.07, 6.45) is 5.81. The zero-order chi connectivity index (χ0) is 13.0. The molecule has 0 aromatic carbocycles. The molecule has 2 fully saturated rings. The van der Waals surface area contributed by atoms with E-state index < -0.39 is 0 Å². The molecule has 1 saturated carbocycles. The van der Waals surface area contributed by atoms with Crippen molar-refractivity contribution < 1.29 is 4.79 Å². The molecule has 3 unspecified atom stereocenters. The minimum atomic E-state index is -0.192. The summed E-state index contributed by atoms with van der Waals surface area (Å²) in [5.74, 6) is 1.42. The maximum Gasteiger partial charge on any atom is 0.227 e. The fraction of sp³-hybridized carbons (Fsp3) is 0.929. The molecule has 1 amide bonds. The van der Waals surface area contributed by atoms with Gasteiger partial charge in [-0.15, -0.1) is 0 Å². The third kappa shape index (κ3) is 3.21. The van der Waals surface area contributed by atoms with Crippen molar-refractivity contribution in [3.63, 3.8) is 0 Å². The molecule has 0 aromatic heterocycles. The van der Waals surface area contributed by atoms with Crippen molar-refractivity contribution in [1.29, 1.82) is 0 Å². The minimum absolute atomic E-state index is 0.192. The quantitative estimate of drug-likeness (QED) is 0.822. The number of piperidine rings is 1. The molecule has 0 radical (unpaired) electrons. The van der Waals surface area contributed by atoms with E-state index in [0.717, 1.165) is 38.1 Å². The Kier molecular flexibility index (Phi) is 4.96. The second-order valence-corrected chi connectivity index (χ2v) is 7.36. The molecule has 2 N–H and O–H groups in total. The zero-order valence-corrected chi connectivity index (χ0v) is 12.4. The van der Waals surface area contributed by atoms with Crippen molar-refractivity contribution >= 4 is 17.7 Å². The average molecular weight is 270 g/mol. The Labute approximate surface area is 115 Å². The number of amides is 1. The lowest BCUT2D eigenvalue weighted by molar-refractivity contribution is -0.131. The molecule has 0 aromatic rings. The Balaban J connectivity index is 1.89. The standard InChI is InChI=1S/C14H26N2OS/c1-3-18-12-7-4-6-11(12)16-13(17)14(2)8-5-9-15-10-14/h11-12,15H,3-10H2,1-2H3,(H,16,17). The second kappa shape index (κ2) is 6.29. The number of carbonyl (C=O) groups is 1. The van der Waals surface area contributed by atoms with Gasteiger partial charge in [-0.05, 0) is 44.9 Å². The van der Waals surface area contributed by atoms with Gasteiger partial charge in [0.1, 0.15) is 0 Å². The minimum Gasteiger partial charge on any atom is -0.352 e. The van der Waals surface area contributed by atoms with E-state index in [4.69, 9.17) is 0 Å².